The predicted octanol–water partition coefficient (Wildman–Crippen LogP) is 7.12. The van der Waals surface area contributed by atoms with Gasteiger partial charge in [-0.15, -0.1) is 0 Å². The van der Waals surface area contributed by atoms with Crippen molar-refractivity contribution in [2.24, 2.45) is 5.92 Å². The summed E-state index contributed by atoms with van der Waals surface area (Å²) in [5, 5.41) is 10.2. The molecule has 5 nitrogen and oxygen atoms in total. The standard InChI is InChI=1S/C30H34F3N3O2/c1-19-14-20(2)27-24(11-13-36(27)28(37)38-29(3,4)5)25(19)15-23-10-12-35(18-30(31,32)33)17-26(23)22-8-6-21(16-34)7-9-22/h6-9,11,13-14,23,26H,10,12,15,17-18H2,1-5H3/t23-,26-/m0/s1. The van der Waals surface area contributed by atoms with E-state index in [1.165, 1.54) is 4.90 Å². The maximum Gasteiger partial charge on any atom is 0.418 e. The first-order chi connectivity index (χ1) is 17.8. The van der Waals surface area contributed by atoms with Gasteiger partial charge in [0.2, 0.25) is 0 Å². The van der Waals surface area contributed by atoms with E-state index in [0.717, 1.165) is 33.2 Å². The second-order valence-electron chi connectivity index (χ2n) is 11.4. The Morgan fingerprint density at radius 3 is 2.39 bits per heavy atom. The molecule has 0 saturated carbocycles. The van der Waals surface area contributed by atoms with Crippen molar-refractivity contribution in [3.63, 3.8) is 0 Å². The average Bonchev–Trinajstić information content (AvgIpc) is 3.26. The summed E-state index contributed by atoms with van der Waals surface area (Å²) in [7, 11) is 0. The van der Waals surface area contributed by atoms with Gasteiger partial charge in [0, 0.05) is 18.1 Å². The number of nitrogens with zero attached hydrogens (tertiary/aromatic N) is 3. The van der Waals surface area contributed by atoms with Gasteiger partial charge in [0.25, 0.3) is 0 Å². The Morgan fingerprint density at radius 2 is 1.79 bits per heavy atom. The van der Waals surface area contributed by atoms with Gasteiger partial charge in [-0.2, -0.15) is 18.4 Å². The minimum absolute atomic E-state index is 0.0990. The highest BCUT2D eigenvalue weighted by Crippen LogP contribution is 2.39. The Kier molecular flexibility index (Phi) is 7.62. The summed E-state index contributed by atoms with van der Waals surface area (Å²) in [6, 6.07) is 13.3. The van der Waals surface area contributed by atoms with Crippen molar-refractivity contribution >= 4 is 17.0 Å². The number of aryl methyl sites for hydroxylation is 2. The van der Waals surface area contributed by atoms with Crippen LogP contribution in [0.1, 0.15) is 60.9 Å². The third kappa shape index (κ3) is 6.21. The van der Waals surface area contributed by atoms with Crippen LogP contribution in [0.4, 0.5) is 18.0 Å². The number of halogens is 3. The van der Waals surface area contributed by atoms with Crippen LogP contribution in [0.3, 0.4) is 0 Å². The van der Waals surface area contributed by atoms with Gasteiger partial charge >= 0.3 is 12.3 Å². The summed E-state index contributed by atoms with van der Waals surface area (Å²) >= 11 is 0. The SMILES string of the molecule is Cc1cc(C)c2c(ccn2C(=O)OC(C)(C)C)c1C[C@@H]1CCN(CC(F)(F)F)C[C@H]1c1ccc(C#N)cc1. The number of benzene rings is 2. The lowest BCUT2D eigenvalue weighted by Crippen LogP contribution is -2.44. The molecule has 38 heavy (non-hydrogen) atoms. The number of fused-ring (bicyclic) bond motifs is 1. The lowest BCUT2D eigenvalue weighted by Gasteiger charge is -2.39. The summed E-state index contributed by atoms with van der Waals surface area (Å²) in [5.74, 6) is -0.0237. The van der Waals surface area contributed by atoms with E-state index in [1.807, 2.05) is 52.8 Å². The van der Waals surface area contributed by atoms with E-state index in [1.54, 1.807) is 22.9 Å². The molecule has 1 saturated heterocycles. The molecule has 2 atom stereocenters. The van der Waals surface area contributed by atoms with Crippen molar-refractivity contribution in [3.05, 3.63) is 70.4 Å². The first kappa shape index (κ1) is 27.7. The number of carbonyl (C=O) groups excluding carboxylic acids is 1. The van der Waals surface area contributed by atoms with Crippen LogP contribution < -0.4 is 0 Å². The smallest absolute Gasteiger partial charge is 0.418 e. The number of carbonyl (C=O) groups is 1. The normalized spacial score (nSPS) is 18.9. The third-order valence-electron chi connectivity index (χ3n) is 7.26. The number of hydrogen-bond acceptors (Lipinski definition) is 4. The Balaban J connectivity index is 1.70. The van der Waals surface area contributed by atoms with E-state index < -0.39 is 24.4 Å². The van der Waals surface area contributed by atoms with Crippen LogP contribution >= 0.6 is 0 Å². The molecule has 2 heterocycles. The van der Waals surface area contributed by atoms with Crippen LogP contribution in [0.25, 0.3) is 10.9 Å². The second-order valence-corrected chi connectivity index (χ2v) is 11.4. The number of hydrogen-bond donors (Lipinski definition) is 0. The molecule has 202 valence electrons. The molecule has 1 aromatic heterocycles. The number of ether oxygens (including phenoxy) is 1. The number of piperidine rings is 1. The first-order valence-electron chi connectivity index (χ1n) is 12.9. The monoisotopic (exact) mass is 525 g/mol. The van der Waals surface area contributed by atoms with Crippen LogP contribution in [-0.4, -0.2) is 47.0 Å². The van der Waals surface area contributed by atoms with Crippen molar-refractivity contribution in [2.45, 2.75) is 65.2 Å². The zero-order valence-corrected chi connectivity index (χ0v) is 22.5. The first-order valence-corrected chi connectivity index (χ1v) is 12.9. The molecule has 3 aromatic rings. The molecule has 0 spiro atoms. The Hall–Kier alpha value is -3.31. The molecule has 8 heteroatoms. The number of rotatable bonds is 4. The Morgan fingerprint density at radius 1 is 1.11 bits per heavy atom. The highest BCUT2D eigenvalue weighted by Gasteiger charge is 2.37. The van der Waals surface area contributed by atoms with Crippen LogP contribution in [0, 0.1) is 31.1 Å². The van der Waals surface area contributed by atoms with E-state index in [9.17, 15) is 23.2 Å². The number of alkyl halides is 3. The molecule has 0 unspecified atom stereocenters. The van der Waals surface area contributed by atoms with Gasteiger partial charge in [-0.25, -0.2) is 4.79 Å². The molecular formula is C30H34F3N3O2. The summed E-state index contributed by atoms with van der Waals surface area (Å²) in [5.41, 5.74) is 4.77. The van der Waals surface area contributed by atoms with Crippen molar-refractivity contribution < 1.29 is 22.7 Å². The molecule has 0 amide bonds. The zero-order valence-electron chi connectivity index (χ0n) is 22.5. The van der Waals surface area contributed by atoms with Gasteiger partial charge in [-0.05, 0) is 106 Å². The lowest BCUT2D eigenvalue weighted by molar-refractivity contribution is -0.149. The van der Waals surface area contributed by atoms with Gasteiger partial charge in [-0.3, -0.25) is 9.47 Å². The number of likely N-dealkylation sites (tertiary alicyclic amines) is 1. The van der Waals surface area contributed by atoms with E-state index in [4.69, 9.17) is 4.74 Å². The lowest BCUT2D eigenvalue weighted by atomic mass is 9.76. The largest absolute Gasteiger partial charge is 0.443 e. The molecular weight excluding hydrogens is 491 g/mol. The van der Waals surface area contributed by atoms with Gasteiger partial charge in [0.15, 0.2) is 0 Å². The summed E-state index contributed by atoms with van der Waals surface area (Å²) in [6.07, 6.45) is -1.68. The predicted molar refractivity (Wildman–Crippen MR) is 141 cm³/mol. The van der Waals surface area contributed by atoms with E-state index in [2.05, 4.69) is 12.1 Å². The van der Waals surface area contributed by atoms with Crippen molar-refractivity contribution in [1.29, 1.82) is 5.26 Å². The fourth-order valence-electron chi connectivity index (χ4n) is 5.66. The van der Waals surface area contributed by atoms with Gasteiger partial charge in [-0.1, -0.05) is 18.2 Å². The molecule has 0 N–H and O–H groups in total. The second kappa shape index (κ2) is 10.5. The highest BCUT2D eigenvalue weighted by molar-refractivity contribution is 5.94. The molecule has 4 rings (SSSR count). The van der Waals surface area contributed by atoms with Crippen LogP contribution in [0.15, 0.2) is 42.6 Å². The minimum atomic E-state index is -4.26. The molecule has 1 fully saturated rings. The molecule has 1 aliphatic heterocycles. The molecule has 0 bridgehead atoms. The maximum absolute atomic E-state index is 13.2. The maximum atomic E-state index is 13.2. The van der Waals surface area contributed by atoms with Crippen LogP contribution in [0.5, 0.6) is 0 Å². The van der Waals surface area contributed by atoms with Crippen molar-refractivity contribution in [2.75, 3.05) is 19.6 Å². The fourth-order valence-corrected chi connectivity index (χ4v) is 5.66. The van der Waals surface area contributed by atoms with E-state index >= 15 is 0 Å². The molecule has 0 radical (unpaired) electrons. The average molecular weight is 526 g/mol. The van der Waals surface area contributed by atoms with Gasteiger partial charge in [0.05, 0.1) is 23.7 Å². The third-order valence-corrected chi connectivity index (χ3v) is 7.26. The van der Waals surface area contributed by atoms with E-state index in [0.29, 0.717) is 31.5 Å². The molecule has 2 aromatic carbocycles. The number of aromatic nitrogens is 1. The topological polar surface area (TPSA) is 58.3 Å². The summed E-state index contributed by atoms with van der Waals surface area (Å²) < 4.78 is 46.8. The highest BCUT2D eigenvalue weighted by atomic mass is 19.4. The molecule has 1 aliphatic rings. The quantitative estimate of drug-likeness (QED) is 0.364. The number of nitriles is 1. The van der Waals surface area contributed by atoms with E-state index in [-0.39, 0.29) is 11.8 Å². The zero-order chi connectivity index (χ0) is 27.8. The van der Waals surface area contributed by atoms with Crippen LogP contribution in [-0.2, 0) is 11.2 Å². The summed E-state index contributed by atoms with van der Waals surface area (Å²) in [4.78, 5) is 14.4. The van der Waals surface area contributed by atoms with Crippen molar-refractivity contribution in [1.82, 2.24) is 9.47 Å². The van der Waals surface area contributed by atoms with Gasteiger partial charge < -0.3 is 4.74 Å². The Bertz CT molecular complexity index is 1360. The Labute approximate surface area is 221 Å². The summed E-state index contributed by atoms with van der Waals surface area (Å²) in [6.45, 7) is 9.22. The molecule has 0 aliphatic carbocycles. The van der Waals surface area contributed by atoms with Gasteiger partial charge in [0.1, 0.15) is 5.60 Å². The fraction of sp³-hybridized carbons (Fsp3) is 0.467. The van der Waals surface area contributed by atoms with Crippen molar-refractivity contribution in [3.8, 4) is 6.07 Å². The van der Waals surface area contributed by atoms with Crippen LogP contribution in [0.2, 0.25) is 0 Å². The minimum Gasteiger partial charge on any atom is -0.443 e.